The highest BCUT2D eigenvalue weighted by atomic mass is 32.2. The van der Waals surface area contributed by atoms with Gasteiger partial charge in [-0.25, -0.2) is 4.21 Å². The summed E-state index contributed by atoms with van der Waals surface area (Å²) in [6.45, 7) is 4.94. The molecule has 0 bridgehead atoms. The van der Waals surface area contributed by atoms with Gasteiger partial charge in [-0.1, -0.05) is 17.7 Å². The summed E-state index contributed by atoms with van der Waals surface area (Å²) in [5.74, 6) is 0. The number of anilines is 1. The Labute approximate surface area is 98.3 Å². The molecule has 16 heavy (non-hydrogen) atoms. The van der Waals surface area contributed by atoms with Gasteiger partial charge in [-0.15, -0.1) is 0 Å². The first-order chi connectivity index (χ1) is 7.66. The third kappa shape index (κ3) is 2.61. The smallest absolute Gasteiger partial charge is 0.234 e. The lowest BCUT2D eigenvalue weighted by molar-refractivity contribution is 0.373. The fourth-order valence-corrected chi connectivity index (χ4v) is 2.33. The summed E-state index contributed by atoms with van der Waals surface area (Å²) < 4.78 is 21.4. The molecule has 88 valence electrons. The van der Waals surface area contributed by atoms with Gasteiger partial charge >= 0.3 is 0 Å². The summed E-state index contributed by atoms with van der Waals surface area (Å²) in [5.41, 5.74) is 2.44. The molecule has 1 saturated heterocycles. The van der Waals surface area contributed by atoms with E-state index in [9.17, 15) is 4.21 Å². The van der Waals surface area contributed by atoms with E-state index in [0.29, 0.717) is 13.1 Å². The molecule has 1 aliphatic heterocycles. The molecule has 1 fully saturated rings. The van der Waals surface area contributed by atoms with Crippen LogP contribution in [-0.4, -0.2) is 39.2 Å². The standard InChI is InChI=1S/C11H16N2O2S/c1-10-2-4-11(5-3-10)12-6-8-13(9-7-12)16(14)15/h2-5H,6-9H2,1H3,(H,14,15). The molecular weight excluding hydrogens is 224 g/mol. The number of hydrogen-bond acceptors (Lipinski definition) is 2. The van der Waals surface area contributed by atoms with Gasteiger partial charge in [0.25, 0.3) is 0 Å². The molecule has 1 aliphatic rings. The topological polar surface area (TPSA) is 43.8 Å². The molecule has 1 atom stereocenters. The molecular formula is C11H16N2O2S. The van der Waals surface area contributed by atoms with Gasteiger partial charge < -0.3 is 4.90 Å². The molecule has 1 N–H and O–H groups in total. The van der Waals surface area contributed by atoms with E-state index in [4.69, 9.17) is 4.55 Å². The van der Waals surface area contributed by atoms with E-state index in [1.54, 1.807) is 4.31 Å². The highest BCUT2D eigenvalue weighted by molar-refractivity contribution is 7.76. The van der Waals surface area contributed by atoms with E-state index >= 15 is 0 Å². The summed E-state index contributed by atoms with van der Waals surface area (Å²) in [7, 11) is 0. The Morgan fingerprint density at radius 1 is 1.12 bits per heavy atom. The Hall–Kier alpha value is -0.910. The van der Waals surface area contributed by atoms with Crippen LogP contribution in [0.3, 0.4) is 0 Å². The van der Waals surface area contributed by atoms with Crippen molar-refractivity contribution in [2.45, 2.75) is 6.92 Å². The minimum absolute atomic E-state index is 0.636. The van der Waals surface area contributed by atoms with E-state index in [1.165, 1.54) is 11.3 Å². The van der Waals surface area contributed by atoms with Crippen molar-refractivity contribution in [1.82, 2.24) is 4.31 Å². The predicted molar refractivity (Wildman–Crippen MR) is 65.7 cm³/mol. The van der Waals surface area contributed by atoms with Crippen LogP contribution < -0.4 is 4.90 Å². The van der Waals surface area contributed by atoms with E-state index in [-0.39, 0.29) is 0 Å². The van der Waals surface area contributed by atoms with E-state index < -0.39 is 11.3 Å². The van der Waals surface area contributed by atoms with Crippen molar-refractivity contribution < 1.29 is 8.76 Å². The van der Waals surface area contributed by atoms with Crippen molar-refractivity contribution in [2.75, 3.05) is 31.1 Å². The maximum absolute atomic E-state index is 10.9. The molecule has 0 radical (unpaired) electrons. The largest absolute Gasteiger partial charge is 0.369 e. The summed E-state index contributed by atoms with van der Waals surface area (Å²) >= 11 is -1.82. The minimum atomic E-state index is -1.82. The van der Waals surface area contributed by atoms with Crippen molar-refractivity contribution >= 4 is 17.0 Å². The molecule has 0 amide bonds. The van der Waals surface area contributed by atoms with Gasteiger partial charge in [-0.2, -0.15) is 4.31 Å². The number of benzene rings is 1. The van der Waals surface area contributed by atoms with Crippen molar-refractivity contribution in [3.8, 4) is 0 Å². The second-order valence-corrected chi connectivity index (χ2v) is 4.96. The molecule has 0 aliphatic carbocycles. The lowest BCUT2D eigenvalue weighted by Gasteiger charge is -2.33. The Morgan fingerprint density at radius 3 is 2.19 bits per heavy atom. The van der Waals surface area contributed by atoms with Crippen LogP contribution in [0.25, 0.3) is 0 Å². The van der Waals surface area contributed by atoms with Crippen LogP contribution in [0.4, 0.5) is 5.69 Å². The zero-order chi connectivity index (χ0) is 11.5. The van der Waals surface area contributed by atoms with Crippen molar-refractivity contribution in [3.05, 3.63) is 29.8 Å². The highest BCUT2D eigenvalue weighted by Crippen LogP contribution is 2.17. The second kappa shape index (κ2) is 4.95. The molecule has 0 spiro atoms. The zero-order valence-corrected chi connectivity index (χ0v) is 10.1. The van der Waals surface area contributed by atoms with Crippen LogP contribution in [-0.2, 0) is 11.3 Å². The summed E-state index contributed by atoms with van der Waals surface area (Å²) in [5, 5.41) is 0. The molecule has 2 rings (SSSR count). The molecule has 0 saturated carbocycles. The van der Waals surface area contributed by atoms with Crippen LogP contribution in [0.5, 0.6) is 0 Å². The molecule has 5 heteroatoms. The first kappa shape index (κ1) is 11.6. The van der Waals surface area contributed by atoms with Crippen LogP contribution >= 0.6 is 0 Å². The van der Waals surface area contributed by atoms with Gasteiger partial charge in [0.15, 0.2) is 0 Å². The normalized spacial score (nSPS) is 19.8. The predicted octanol–water partition coefficient (Wildman–Crippen LogP) is 1.25. The lowest BCUT2D eigenvalue weighted by atomic mass is 10.2. The Kier molecular flexibility index (Phi) is 3.58. The number of rotatable bonds is 2. The third-order valence-electron chi connectivity index (χ3n) is 2.86. The van der Waals surface area contributed by atoms with E-state index in [0.717, 1.165) is 13.1 Å². The van der Waals surface area contributed by atoms with Crippen LogP contribution in [0, 0.1) is 6.92 Å². The fourth-order valence-electron chi connectivity index (χ4n) is 1.86. The summed E-state index contributed by atoms with van der Waals surface area (Å²) in [6, 6.07) is 8.37. The fraction of sp³-hybridized carbons (Fsp3) is 0.455. The average Bonchev–Trinajstić information content (AvgIpc) is 2.30. The molecule has 1 aromatic rings. The van der Waals surface area contributed by atoms with Crippen LogP contribution in [0.1, 0.15) is 5.56 Å². The van der Waals surface area contributed by atoms with E-state index in [2.05, 4.69) is 36.1 Å². The Bertz CT molecular complexity index is 372. The maximum atomic E-state index is 10.9. The summed E-state index contributed by atoms with van der Waals surface area (Å²) in [6.07, 6.45) is 0. The Balaban J connectivity index is 1.99. The van der Waals surface area contributed by atoms with Gasteiger partial charge in [0.2, 0.25) is 11.3 Å². The van der Waals surface area contributed by atoms with Crippen molar-refractivity contribution in [1.29, 1.82) is 0 Å². The second-order valence-electron chi connectivity index (χ2n) is 3.98. The van der Waals surface area contributed by atoms with Crippen LogP contribution in [0.2, 0.25) is 0 Å². The average molecular weight is 240 g/mol. The first-order valence-electron chi connectivity index (χ1n) is 5.34. The van der Waals surface area contributed by atoms with E-state index in [1.807, 2.05) is 0 Å². The summed E-state index contributed by atoms with van der Waals surface area (Å²) in [4.78, 5) is 2.24. The highest BCUT2D eigenvalue weighted by Gasteiger charge is 2.19. The minimum Gasteiger partial charge on any atom is -0.369 e. The number of piperazine rings is 1. The quantitative estimate of drug-likeness (QED) is 0.791. The van der Waals surface area contributed by atoms with Gasteiger partial charge in [0.1, 0.15) is 0 Å². The zero-order valence-electron chi connectivity index (χ0n) is 9.30. The maximum Gasteiger partial charge on any atom is 0.234 e. The molecule has 0 aromatic heterocycles. The number of hydrogen-bond donors (Lipinski definition) is 1. The number of aryl methyl sites for hydroxylation is 1. The Morgan fingerprint density at radius 2 is 1.69 bits per heavy atom. The number of nitrogens with zero attached hydrogens (tertiary/aromatic N) is 2. The first-order valence-corrected chi connectivity index (χ1v) is 6.41. The molecule has 4 nitrogen and oxygen atoms in total. The van der Waals surface area contributed by atoms with Crippen LogP contribution in [0.15, 0.2) is 24.3 Å². The van der Waals surface area contributed by atoms with Gasteiger partial charge in [0, 0.05) is 31.9 Å². The SMILES string of the molecule is Cc1ccc(N2CCN(S(=O)O)CC2)cc1. The van der Waals surface area contributed by atoms with Crippen molar-refractivity contribution in [3.63, 3.8) is 0 Å². The third-order valence-corrected chi connectivity index (χ3v) is 3.67. The van der Waals surface area contributed by atoms with Gasteiger partial charge in [-0.05, 0) is 19.1 Å². The van der Waals surface area contributed by atoms with Gasteiger partial charge in [-0.3, -0.25) is 4.55 Å². The molecule has 1 heterocycles. The molecule has 1 unspecified atom stereocenters. The van der Waals surface area contributed by atoms with Crippen molar-refractivity contribution in [2.24, 2.45) is 0 Å². The van der Waals surface area contributed by atoms with Gasteiger partial charge in [0.05, 0.1) is 0 Å². The lowest BCUT2D eigenvalue weighted by Crippen LogP contribution is -2.46. The molecule has 1 aromatic carbocycles. The monoisotopic (exact) mass is 240 g/mol.